The number of aromatic nitrogens is 2. The van der Waals surface area contributed by atoms with Crippen LogP contribution in [0, 0.1) is 13.8 Å². The molecule has 47 heavy (non-hydrogen) atoms. The van der Waals surface area contributed by atoms with Gasteiger partial charge in [0.05, 0.1) is 0 Å². The second kappa shape index (κ2) is 13.7. The van der Waals surface area contributed by atoms with Crippen LogP contribution in [0.5, 0.6) is 0 Å². The molecule has 2 nitrogen and oxygen atoms in total. The van der Waals surface area contributed by atoms with Crippen molar-refractivity contribution in [2.24, 2.45) is 0 Å². The minimum atomic E-state index is -2.66. The van der Waals surface area contributed by atoms with E-state index in [4.69, 9.17) is 9.97 Å². The Morgan fingerprint density at radius 1 is 0.532 bits per heavy atom. The molecule has 0 unspecified atom stereocenters. The summed E-state index contributed by atoms with van der Waals surface area (Å²) in [4.78, 5) is 9.86. The Balaban J connectivity index is 1.85. The van der Waals surface area contributed by atoms with E-state index in [1.807, 2.05) is 12.4 Å². The average Bonchev–Trinajstić information content (AvgIpc) is 3.01. The molecular weight excluding hydrogens is 678 g/mol. The van der Waals surface area contributed by atoms with Crippen LogP contribution in [0.1, 0.15) is 114 Å². The van der Waals surface area contributed by atoms with E-state index in [1.54, 1.807) is 3.51 Å². The zero-order chi connectivity index (χ0) is 34.3. The maximum atomic E-state index is 4.93. The molecule has 0 bridgehead atoms. The number of hydrogen-bond donors (Lipinski definition) is 0. The van der Waals surface area contributed by atoms with Gasteiger partial charge in [-0.1, -0.05) is 0 Å². The van der Waals surface area contributed by atoms with Gasteiger partial charge < -0.3 is 0 Å². The third-order valence-corrected chi connectivity index (χ3v) is 17.0. The number of pyridine rings is 2. The number of aryl methyl sites for hydroxylation is 2. The SMILES string of the molecule is Cc1cccc(C)[c]1[Sb]([c]1cc(-c2cc(C(C)C)ccn2)cc(C(C)(C)C)c1)[c]1cc(-c2cc(C(C)C)ccn2)cc(C(C)(C)C)c1. The van der Waals surface area contributed by atoms with Crippen LogP contribution in [0.4, 0.5) is 0 Å². The fourth-order valence-electron chi connectivity index (χ4n) is 6.14. The quantitative estimate of drug-likeness (QED) is 0.156. The summed E-state index contributed by atoms with van der Waals surface area (Å²) in [7, 11) is 0. The van der Waals surface area contributed by atoms with Crippen LogP contribution in [-0.4, -0.2) is 30.2 Å². The molecule has 0 aliphatic rings. The van der Waals surface area contributed by atoms with Crippen LogP contribution in [0.2, 0.25) is 0 Å². The van der Waals surface area contributed by atoms with Gasteiger partial charge in [-0.25, -0.2) is 0 Å². The molecule has 5 rings (SSSR count). The van der Waals surface area contributed by atoms with E-state index in [0.717, 1.165) is 11.4 Å². The first-order valence-electron chi connectivity index (χ1n) is 17.1. The molecule has 0 radical (unpaired) electrons. The molecule has 0 saturated carbocycles. The molecule has 5 aromatic rings. The van der Waals surface area contributed by atoms with Crippen molar-refractivity contribution in [2.75, 3.05) is 0 Å². The number of rotatable bonds is 7. The van der Waals surface area contributed by atoms with Gasteiger partial charge in [-0.2, -0.15) is 0 Å². The van der Waals surface area contributed by atoms with E-state index in [2.05, 4.69) is 162 Å². The monoisotopic (exact) mass is 730 g/mol. The summed E-state index contributed by atoms with van der Waals surface area (Å²) in [5, 5.41) is 0. The number of nitrogens with zero attached hydrogens (tertiary/aromatic N) is 2. The molecule has 244 valence electrons. The zero-order valence-electron chi connectivity index (χ0n) is 30.7. The van der Waals surface area contributed by atoms with Crippen molar-refractivity contribution < 1.29 is 0 Å². The standard InChI is InChI=1S/2C18H22N.C8H9.Sb/c2*1-13(2)14-9-10-19-17(12-14)15-7-6-8-16(11-15)18(3,4)5;1-7-4-3-5-8(2)6-7;/h2*7-13H,1-5H3;3-5H,1-2H3;. The summed E-state index contributed by atoms with van der Waals surface area (Å²) in [6, 6.07) is 30.5. The Kier molecular flexibility index (Phi) is 10.2. The van der Waals surface area contributed by atoms with Crippen LogP contribution >= 0.6 is 0 Å². The summed E-state index contributed by atoms with van der Waals surface area (Å²) < 4.78 is 4.51. The number of benzene rings is 3. The van der Waals surface area contributed by atoms with E-state index in [1.165, 1.54) is 51.5 Å². The van der Waals surface area contributed by atoms with Crippen molar-refractivity contribution in [2.45, 2.75) is 106 Å². The minimum absolute atomic E-state index is 0.00701. The maximum absolute atomic E-state index is 4.93. The molecule has 0 amide bonds. The van der Waals surface area contributed by atoms with E-state index >= 15 is 0 Å². The van der Waals surface area contributed by atoms with E-state index in [0.29, 0.717) is 11.8 Å². The molecule has 0 atom stereocenters. The third-order valence-electron chi connectivity index (χ3n) is 9.24. The van der Waals surface area contributed by atoms with Crippen LogP contribution in [0.3, 0.4) is 0 Å². The third kappa shape index (κ3) is 7.92. The zero-order valence-corrected chi connectivity index (χ0v) is 33.2. The van der Waals surface area contributed by atoms with Gasteiger partial charge in [0.15, 0.2) is 0 Å². The van der Waals surface area contributed by atoms with Gasteiger partial charge in [-0.15, -0.1) is 0 Å². The van der Waals surface area contributed by atoms with Crippen LogP contribution in [-0.2, 0) is 10.8 Å². The molecule has 0 aliphatic carbocycles. The molecule has 0 fully saturated rings. The average molecular weight is 732 g/mol. The summed E-state index contributed by atoms with van der Waals surface area (Å²) in [5.74, 6) is 0.895. The summed E-state index contributed by atoms with van der Waals surface area (Å²) >= 11 is -2.66. The predicted octanol–water partition coefficient (Wildman–Crippen LogP) is 9.79. The van der Waals surface area contributed by atoms with Crippen LogP contribution in [0.25, 0.3) is 22.5 Å². The van der Waals surface area contributed by atoms with Crippen LogP contribution < -0.4 is 10.5 Å². The molecular formula is C44H53N2Sb. The number of hydrogen-bond acceptors (Lipinski definition) is 2. The van der Waals surface area contributed by atoms with Crippen molar-refractivity contribution in [3.8, 4) is 22.5 Å². The second-order valence-electron chi connectivity index (χ2n) is 15.9. The van der Waals surface area contributed by atoms with E-state index in [9.17, 15) is 0 Å². The first-order chi connectivity index (χ1) is 22.0. The van der Waals surface area contributed by atoms with Crippen molar-refractivity contribution in [1.82, 2.24) is 9.97 Å². The molecule has 0 spiro atoms. The Bertz CT molecular complexity index is 1750. The normalized spacial score (nSPS) is 12.4. The van der Waals surface area contributed by atoms with Gasteiger partial charge in [-0.05, 0) is 0 Å². The van der Waals surface area contributed by atoms with Crippen molar-refractivity contribution >= 4 is 30.7 Å². The molecule has 2 aromatic heterocycles. The molecule has 0 N–H and O–H groups in total. The Morgan fingerprint density at radius 3 is 1.30 bits per heavy atom. The molecule has 3 heteroatoms. The topological polar surface area (TPSA) is 25.8 Å². The first-order valence-corrected chi connectivity index (χ1v) is 21.0. The molecule has 2 heterocycles. The fourth-order valence-corrected chi connectivity index (χ4v) is 14.0. The fraction of sp³-hybridized carbons (Fsp3) is 0.364. The van der Waals surface area contributed by atoms with Gasteiger partial charge in [0.1, 0.15) is 0 Å². The van der Waals surface area contributed by atoms with E-state index < -0.39 is 20.2 Å². The molecule has 0 aliphatic heterocycles. The van der Waals surface area contributed by atoms with Crippen molar-refractivity contribution in [1.29, 1.82) is 0 Å². The Hall–Kier alpha value is -3.22. The van der Waals surface area contributed by atoms with Gasteiger partial charge in [0.25, 0.3) is 0 Å². The second-order valence-corrected chi connectivity index (χ2v) is 22.0. The Labute approximate surface area is 292 Å². The van der Waals surface area contributed by atoms with Gasteiger partial charge >= 0.3 is 294 Å². The first kappa shape index (κ1) is 35.1. The molecule has 3 aromatic carbocycles. The van der Waals surface area contributed by atoms with Crippen molar-refractivity contribution in [3.63, 3.8) is 0 Å². The predicted molar refractivity (Wildman–Crippen MR) is 205 cm³/mol. The van der Waals surface area contributed by atoms with Gasteiger partial charge in [0, 0.05) is 0 Å². The van der Waals surface area contributed by atoms with Crippen LogP contribution in [0.15, 0.2) is 91.3 Å². The van der Waals surface area contributed by atoms with E-state index in [-0.39, 0.29) is 10.8 Å². The summed E-state index contributed by atoms with van der Waals surface area (Å²) in [6.07, 6.45) is 3.96. The molecule has 0 saturated heterocycles. The Morgan fingerprint density at radius 2 is 0.936 bits per heavy atom. The summed E-state index contributed by atoms with van der Waals surface area (Å²) in [5.41, 5.74) is 12.7. The van der Waals surface area contributed by atoms with Gasteiger partial charge in [0.2, 0.25) is 0 Å². The summed E-state index contributed by atoms with van der Waals surface area (Å²) in [6.45, 7) is 27.7. The van der Waals surface area contributed by atoms with Gasteiger partial charge in [-0.3, -0.25) is 0 Å². The van der Waals surface area contributed by atoms with Crippen molar-refractivity contribution in [3.05, 3.63) is 125 Å².